The first kappa shape index (κ1) is 38.5. The highest BCUT2D eigenvalue weighted by atomic mass is 16.7. The van der Waals surface area contributed by atoms with Crippen LogP contribution < -0.4 is 0 Å². The number of fused-ring (bicyclic) bond motifs is 1. The second-order valence-electron chi connectivity index (χ2n) is 14.3. The van der Waals surface area contributed by atoms with Crippen molar-refractivity contribution in [2.75, 3.05) is 6.61 Å². The van der Waals surface area contributed by atoms with Gasteiger partial charge < -0.3 is 47.1 Å². The van der Waals surface area contributed by atoms with E-state index in [9.17, 15) is 33.9 Å². The van der Waals surface area contributed by atoms with Crippen molar-refractivity contribution in [1.29, 1.82) is 0 Å². The van der Waals surface area contributed by atoms with E-state index in [4.69, 9.17) is 42.0 Å². The van der Waals surface area contributed by atoms with E-state index >= 15 is 0 Å². The van der Waals surface area contributed by atoms with Crippen LogP contribution in [0, 0.1) is 17.3 Å². The Hall–Kier alpha value is -4.70. The summed E-state index contributed by atoms with van der Waals surface area (Å²) in [7, 11) is 0. The summed E-state index contributed by atoms with van der Waals surface area (Å²) >= 11 is 0. The van der Waals surface area contributed by atoms with Gasteiger partial charge >= 0.3 is 35.8 Å². The summed E-state index contributed by atoms with van der Waals surface area (Å²) in [5, 5.41) is 12.8. The average molecular weight is 733 g/mol. The molecule has 284 valence electrons. The van der Waals surface area contributed by atoms with E-state index in [2.05, 4.69) is 0 Å². The Bertz CT molecular complexity index is 1670. The molecule has 1 aliphatic heterocycles. The minimum atomic E-state index is -2.35. The molecule has 0 amide bonds. The van der Waals surface area contributed by atoms with E-state index in [1.54, 1.807) is 27.7 Å². The minimum absolute atomic E-state index is 0.0419. The van der Waals surface area contributed by atoms with Crippen molar-refractivity contribution in [2.24, 2.45) is 17.3 Å². The molecule has 3 heterocycles. The summed E-state index contributed by atoms with van der Waals surface area (Å²) in [6.07, 6.45) is -3.76. The van der Waals surface area contributed by atoms with Crippen molar-refractivity contribution < 1.29 is 75.9 Å². The minimum Gasteiger partial charge on any atom is -0.472 e. The molecule has 1 spiro atoms. The number of rotatable bonds is 11. The maximum absolute atomic E-state index is 14.0. The molecule has 2 saturated carbocycles. The van der Waals surface area contributed by atoms with Crippen LogP contribution in [0.1, 0.15) is 88.9 Å². The number of ether oxygens (including phenoxy) is 7. The van der Waals surface area contributed by atoms with Crippen LogP contribution in [0.2, 0.25) is 0 Å². The Balaban J connectivity index is 1.90. The Labute approximate surface area is 299 Å². The largest absolute Gasteiger partial charge is 0.472 e. The third kappa shape index (κ3) is 6.35. The van der Waals surface area contributed by atoms with Crippen molar-refractivity contribution in [2.45, 2.75) is 116 Å². The van der Waals surface area contributed by atoms with Gasteiger partial charge in [0.15, 0.2) is 17.8 Å². The molecule has 52 heavy (non-hydrogen) atoms. The molecule has 1 N–H and O–H groups in total. The van der Waals surface area contributed by atoms with Crippen molar-refractivity contribution in [1.82, 2.24) is 0 Å². The number of aliphatic hydroxyl groups is 1. The lowest BCUT2D eigenvalue weighted by Gasteiger charge is -2.66. The topological polar surface area (TPSA) is 214 Å². The Morgan fingerprint density at radius 1 is 0.808 bits per heavy atom. The van der Waals surface area contributed by atoms with Gasteiger partial charge in [-0.15, -0.1) is 0 Å². The van der Waals surface area contributed by atoms with Gasteiger partial charge in [-0.3, -0.25) is 19.2 Å². The second kappa shape index (κ2) is 14.0. The van der Waals surface area contributed by atoms with Crippen LogP contribution in [0.3, 0.4) is 0 Å². The number of carbonyl (C=O) groups excluding carboxylic acids is 6. The molecule has 1 saturated heterocycles. The fourth-order valence-electron chi connectivity index (χ4n) is 8.28. The van der Waals surface area contributed by atoms with E-state index in [-0.39, 0.29) is 11.1 Å². The van der Waals surface area contributed by atoms with Crippen LogP contribution in [0.4, 0.5) is 0 Å². The van der Waals surface area contributed by atoms with Crippen LogP contribution in [-0.2, 0) is 52.3 Å². The molecule has 2 aromatic rings. The highest BCUT2D eigenvalue weighted by molar-refractivity contribution is 5.90. The summed E-state index contributed by atoms with van der Waals surface area (Å²) in [5.41, 5.74) is -8.47. The zero-order valence-corrected chi connectivity index (χ0v) is 30.2. The normalized spacial score (nSPS) is 33.5. The summed E-state index contributed by atoms with van der Waals surface area (Å²) in [6, 6.07) is 2.64. The second-order valence-corrected chi connectivity index (χ2v) is 14.3. The third-order valence-corrected chi connectivity index (χ3v) is 10.4. The van der Waals surface area contributed by atoms with Crippen molar-refractivity contribution in [3.05, 3.63) is 48.3 Å². The molecule has 1 unspecified atom stereocenters. The van der Waals surface area contributed by atoms with E-state index in [1.807, 2.05) is 0 Å². The molecule has 2 aromatic heterocycles. The lowest BCUT2D eigenvalue weighted by atomic mass is 9.45. The molecule has 0 aromatic carbocycles. The molecule has 16 heteroatoms. The van der Waals surface area contributed by atoms with Gasteiger partial charge in [0, 0.05) is 27.2 Å². The SMILES string of the molecule is CCC(C)C(=O)OC[C@]12[C@@H](OC(=O)c3ccoc3)[C@H](OC(=O)c3ccoc3)[C@@H]3[C@@H](OC(C)=O)[C@]1(OC3(C)C)[C@@](C)(O)C[C@H](OC(C)=O)[C@@H]2OC(C)=O. The lowest BCUT2D eigenvalue weighted by molar-refractivity contribution is -0.363. The predicted octanol–water partition coefficient (Wildman–Crippen LogP) is 3.33. The molecule has 0 radical (unpaired) electrons. The van der Waals surface area contributed by atoms with Gasteiger partial charge in [0.2, 0.25) is 0 Å². The quantitative estimate of drug-likeness (QED) is 0.259. The van der Waals surface area contributed by atoms with Gasteiger partial charge in [-0.1, -0.05) is 13.8 Å². The highest BCUT2D eigenvalue weighted by Gasteiger charge is 2.89. The van der Waals surface area contributed by atoms with Crippen molar-refractivity contribution >= 4 is 35.8 Å². The smallest absolute Gasteiger partial charge is 0.341 e. The summed E-state index contributed by atoms with van der Waals surface area (Å²) in [6.45, 7) is 10.3. The monoisotopic (exact) mass is 732 g/mol. The van der Waals surface area contributed by atoms with Gasteiger partial charge in [-0.25, -0.2) is 9.59 Å². The number of hydrogen-bond acceptors (Lipinski definition) is 16. The first-order valence-corrected chi connectivity index (χ1v) is 16.9. The van der Waals surface area contributed by atoms with E-state index in [0.29, 0.717) is 6.42 Å². The summed E-state index contributed by atoms with van der Waals surface area (Å²) in [5.74, 6) is -7.19. The average Bonchev–Trinajstić information content (AvgIpc) is 3.81. The summed E-state index contributed by atoms with van der Waals surface area (Å²) < 4.78 is 53.3. The zero-order chi connectivity index (χ0) is 38.4. The molecule has 5 rings (SSSR count). The van der Waals surface area contributed by atoms with Gasteiger partial charge in [-0.2, -0.15) is 0 Å². The van der Waals surface area contributed by atoms with Crippen LogP contribution >= 0.6 is 0 Å². The maximum atomic E-state index is 14.0. The highest BCUT2D eigenvalue weighted by Crippen LogP contribution is 2.69. The van der Waals surface area contributed by atoms with Gasteiger partial charge in [0.1, 0.15) is 42.9 Å². The lowest BCUT2D eigenvalue weighted by Crippen LogP contribution is -2.85. The Kier molecular flexibility index (Phi) is 10.4. The Morgan fingerprint density at radius 3 is 1.85 bits per heavy atom. The maximum Gasteiger partial charge on any atom is 0.341 e. The first-order chi connectivity index (χ1) is 24.3. The molecule has 3 fully saturated rings. The number of hydrogen-bond donors (Lipinski definition) is 1. The van der Waals surface area contributed by atoms with E-state index in [0.717, 1.165) is 33.3 Å². The molecule has 2 bridgehead atoms. The van der Waals surface area contributed by atoms with E-state index < -0.39 is 113 Å². The molecule has 2 aliphatic carbocycles. The predicted molar refractivity (Wildman–Crippen MR) is 172 cm³/mol. The fraction of sp³-hybridized carbons (Fsp3) is 0.611. The van der Waals surface area contributed by atoms with Crippen LogP contribution in [0.15, 0.2) is 46.0 Å². The molecule has 16 nitrogen and oxygen atoms in total. The molecular formula is C36H44O16. The third-order valence-electron chi connectivity index (χ3n) is 10.4. The first-order valence-electron chi connectivity index (χ1n) is 16.9. The number of esters is 6. The van der Waals surface area contributed by atoms with Gasteiger partial charge in [0.05, 0.1) is 46.7 Å². The molecular weight excluding hydrogens is 688 g/mol. The number of carbonyl (C=O) groups is 6. The summed E-state index contributed by atoms with van der Waals surface area (Å²) in [4.78, 5) is 80.1. The van der Waals surface area contributed by atoms with Crippen molar-refractivity contribution in [3.63, 3.8) is 0 Å². The van der Waals surface area contributed by atoms with Crippen LogP contribution in [0.25, 0.3) is 0 Å². The van der Waals surface area contributed by atoms with E-state index in [1.165, 1.54) is 31.6 Å². The van der Waals surface area contributed by atoms with Crippen LogP contribution in [0.5, 0.6) is 0 Å². The standard InChI is InChI=1S/C36H44O16/c1-9-18(2)30(40)46-17-35-27(48-20(4)38)24(47-19(3)37)14-34(8,43)36(35)28(49-21(5)39)25(33(6,7)52-36)26(50-31(41)22-10-12-44-15-22)29(35)51-32(42)23-11-13-45-16-23/h10-13,15-16,18,24-29,43H,9,14,17H2,1-8H3/t18?,24-,25+,26+,27-,28+,29-,34-,35-,36-/m0/s1. The number of furan rings is 2. The zero-order valence-electron chi connectivity index (χ0n) is 30.2. The fourth-order valence-corrected chi connectivity index (χ4v) is 8.28. The molecule has 10 atom stereocenters. The van der Waals surface area contributed by atoms with Crippen LogP contribution in [-0.4, -0.2) is 94.9 Å². The van der Waals surface area contributed by atoms with Crippen molar-refractivity contribution in [3.8, 4) is 0 Å². The van der Waals surface area contributed by atoms with Gasteiger partial charge in [-0.05, 0) is 39.3 Å². The Morgan fingerprint density at radius 2 is 1.35 bits per heavy atom. The van der Waals surface area contributed by atoms with Gasteiger partial charge in [0.25, 0.3) is 0 Å². The molecule has 3 aliphatic rings.